The summed E-state index contributed by atoms with van der Waals surface area (Å²) in [6, 6.07) is 8.66. The summed E-state index contributed by atoms with van der Waals surface area (Å²) in [5.41, 5.74) is 7.39. The van der Waals surface area contributed by atoms with Crippen molar-refractivity contribution in [1.29, 1.82) is 5.26 Å². The summed E-state index contributed by atoms with van der Waals surface area (Å²) in [5, 5.41) is 12.9. The fraction of sp³-hybridized carbons (Fsp3) is 0.167. The zero-order chi connectivity index (χ0) is 18.0. The van der Waals surface area contributed by atoms with Crippen LogP contribution >= 0.6 is 22.9 Å². The van der Waals surface area contributed by atoms with E-state index in [0.717, 1.165) is 29.7 Å². The minimum absolute atomic E-state index is 0.0636. The van der Waals surface area contributed by atoms with E-state index in [1.54, 1.807) is 24.3 Å². The van der Waals surface area contributed by atoms with Gasteiger partial charge in [0, 0.05) is 9.90 Å². The van der Waals surface area contributed by atoms with Crippen LogP contribution < -0.4 is 11.1 Å². The fourth-order valence-electron chi connectivity index (χ4n) is 2.80. The molecule has 0 bridgehead atoms. The van der Waals surface area contributed by atoms with Gasteiger partial charge in [0.2, 0.25) is 0 Å². The van der Waals surface area contributed by atoms with Crippen LogP contribution in [0.15, 0.2) is 29.8 Å². The van der Waals surface area contributed by atoms with E-state index in [1.165, 1.54) is 17.4 Å². The van der Waals surface area contributed by atoms with E-state index in [0.29, 0.717) is 21.2 Å². The number of carbonyl (C=O) groups excluding carboxylic acids is 2. The summed E-state index contributed by atoms with van der Waals surface area (Å²) in [5.74, 6) is -1.13. The van der Waals surface area contributed by atoms with Crippen molar-refractivity contribution in [1.82, 2.24) is 0 Å². The molecular formula is C18H14ClN3O2S. The van der Waals surface area contributed by atoms with Crippen molar-refractivity contribution in [2.45, 2.75) is 19.3 Å². The Morgan fingerprint density at radius 1 is 1.28 bits per heavy atom. The number of primary amides is 1. The van der Waals surface area contributed by atoms with Gasteiger partial charge in [0.1, 0.15) is 16.6 Å². The van der Waals surface area contributed by atoms with E-state index in [1.807, 2.05) is 6.07 Å². The lowest BCUT2D eigenvalue weighted by molar-refractivity contribution is -0.112. The smallest absolute Gasteiger partial charge is 0.266 e. The monoisotopic (exact) mass is 371 g/mol. The number of hydrogen-bond acceptors (Lipinski definition) is 4. The van der Waals surface area contributed by atoms with Crippen LogP contribution in [-0.4, -0.2) is 11.8 Å². The van der Waals surface area contributed by atoms with Crippen LogP contribution in [0.1, 0.15) is 32.8 Å². The number of hydrogen-bond donors (Lipinski definition) is 2. The molecule has 2 aromatic rings. The minimum atomic E-state index is -0.570. The second-order valence-corrected chi connectivity index (χ2v) is 7.14. The van der Waals surface area contributed by atoms with E-state index in [9.17, 15) is 14.9 Å². The van der Waals surface area contributed by atoms with Crippen molar-refractivity contribution < 1.29 is 9.59 Å². The minimum Gasteiger partial charge on any atom is -0.365 e. The van der Waals surface area contributed by atoms with Crippen molar-refractivity contribution in [2.75, 3.05) is 5.32 Å². The molecule has 3 N–H and O–H groups in total. The number of nitriles is 1. The Bertz CT molecular complexity index is 923. The van der Waals surface area contributed by atoms with Crippen LogP contribution in [0.5, 0.6) is 0 Å². The van der Waals surface area contributed by atoms with Gasteiger partial charge in [-0.05, 0) is 48.6 Å². The third-order valence-electron chi connectivity index (χ3n) is 3.94. The summed E-state index contributed by atoms with van der Waals surface area (Å²) < 4.78 is 0. The van der Waals surface area contributed by atoms with Gasteiger partial charge in [-0.15, -0.1) is 11.3 Å². The number of rotatable bonds is 4. The highest BCUT2D eigenvalue weighted by atomic mass is 35.5. The van der Waals surface area contributed by atoms with Gasteiger partial charge in [-0.2, -0.15) is 5.26 Å². The number of benzene rings is 1. The number of aryl methyl sites for hydroxylation is 1. The molecule has 3 rings (SSSR count). The third kappa shape index (κ3) is 3.58. The average Bonchev–Trinajstić information content (AvgIpc) is 3.14. The Morgan fingerprint density at radius 3 is 2.64 bits per heavy atom. The lowest BCUT2D eigenvalue weighted by Crippen LogP contribution is -2.18. The number of thiophene rings is 1. The molecule has 2 amide bonds. The number of carbonyl (C=O) groups is 2. The van der Waals surface area contributed by atoms with Crippen molar-refractivity contribution in [3.63, 3.8) is 0 Å². The molecule has 0 spiro atoms. The van der Waals surface area contributed by atoms with E-state index in [-0.39, 0.29) is 5.57 Å². The predicted molar refractivity (Wildman–Crippen MR) is 98.5 cm³/mol. The molecule has 0 fully saturated rings. The Morgan fingerprint density at radius 2 is 2.00 bits per heavy atom. The van der Waals surface area contributed by atoms with Gasteiger partial charge in [-0.3, -0.25) is 9.59 Å². The van der Waals surface area contributed by atoms with Crippen molar-refractivity contribution in [3.8, 4) is 6.07 Å². The van der Waals surface area contributed by atoms with Crippen LogP contribution in [0, 0.1) is 11.3 Å². The Kier molecular flexibility index (Phi) is 4.88. The molecule has 1 aliphatic carbocycles. The molecule has 0 atom stereocenters. The topological polar surface area (TPSA) is 96.0 Å². The molecular weight excluding hydrogens is 358 g/mol. The summed E-state index contributed by atoms with van der Waals surface area (Å²) in [7, 11) is 0. The Labute approximate surface area is 153 Å². The quantitative estimate of drug-likeness (QED) is 0.635. The standard InChI is InChI=1S/C18H14ClN3O2S/c19-12-6-4-10(5-7-12)8-11(9-20)17(24)22-18-15(16(21)23)13-2-1-3-14(13)25-18/h4-8H,1-3H2,(H2,21,23)(H,22,24)/b11-8+. The van der Waals surface area contributed by atoms with Gasteiger partial charge in [-0.1, -0.05) is 23.7 Å². The SMILES string of the molecule is N#C/C(=C\c1ccc(Cl)cc1)C(=O)Nc1sc2c(c1C(N)=O)CCC2. The summed E-state index contributed by atoms with van der Waals surface area (Å²) in [6.45, 7) is 0. The maximum atomic E-state index is 12.4. The molecule has 25 heavy (non-hydrogen) atoms. The second-order valence-electron chi connectivity index (χ2n) is 5.60. The molecule has 0 saturated heterocycles. The highest BCUT2D eigenvalue weighted by molar-refractivity contribution is 7.17. The summed E-state index contributed by atoms with van der Waals surface area (Å²) in [6.07, 6.45) is 4.11. The summed E-state index contributed by atoms with van der Waals surface area (Å²) in [4.78, 5) is 25.3. The van der Waals surface area contributed by atoms with Gasteiger partial charge in [-0.25, -0.2) is 0 Å². The Hall–Kier alpha value is -2.62. The first-order chi connectivity index (χ1) is 12.0. The average molecular weight is 372 g/mol. The van der Waals surface area contributed by atoms with Crippen molar-refractivity contribution in [2.24, 2.45) is 5.73 Å². The van der Waals surface area contributed by atoms with Crippen LogP contribution in [-0.2, 0) is 17.6 Å². The van der Waals surface area contributed by atoms with E-state index < -0.39 is 11.8 Å². The first kappa shape index (κ1) is 17.2. The molecule has 126 valence electrons. The molecule has 1 aliphatic rings. The molecule has 0 radical (unpaired) electrons. The number of nitrogens with two attached hydrogens (primary N) is 1. The summed E-state index contributed by atoms with van der Waals surface area (Å²) >= 11 is 7.18. The van der Waals surface area contributed by atoms with Crippen LogP contribution in [0.4, 0.5) is 5.00 Å². The predicted octanol–water partition coefficient (Wildman–Crippen LogP) is 3.53. The second kappa shape index (κ2) is 7.09. The fourth-order valence-corrected chi connectivity index (χ4v) is 4.21. The lowest BCUT2D eigenvalue weighted by Gasteiger charge is -2.05. The molecule has 0 unspecified atom stereocenters. The van der Waals surface area contributed by atoms with Gasteiger partial charge in [0.25, 0.3) is 11.8 Å². The lowest BCUT2D eigenvalue weighted by atomic mass is 10.1. The molecule has 7 heteroatoms. The van der Waals surface area contributed by atoms with Gasteiger partial charge >= 0.3 is 0 Å². The van der Waals surface area contributed by atoms with Gasteiger partial charge in [0.05, 0.1) is 5.56 Å². The number of nitrogens with one attached hydrogen (secondary N) is 1. The first-order valence-corrected chi connectivity index (χ1v) is 8.82. The third-order valence-corrected chi connectivity index (χ3v) is 5.40. The molecule has 0 aliphatic heterocycles. The highest BCUT2D eigenvalue weighted by Gasteiger charge is 2.26. The molecule has 1 heterocycles. The number of anilines is 1. The van der Waals surface area contributed by atoms with E-state index in [2.05, 4.69) is 5.32 Å². The van der Waals surface area contributed by atoms with E-state index in [4.69, 9.17) is 17.3 Å². The maximum absolute atomic E-state index is 12.4. The zero-order valence-corrected chi connectivity index (χ0v) is 14.7. The molecule has 0 saturated carbocycles. The normalized spacial score (nSPS) is 13.2. The highest BCUT2D eigenvalue weighted by Crippen LogP contribution is 2.39. The molecule has 5 nitrogen and oxygen atoms in total. The zero-order valence-electron chi connectivity index (χ0n) is 13.1. The maximum Gasteiger partial charge on any atom is 0.266 e. The van der Waals surface area contributed by atoms with Crippen LogP contribution in [0.2, 0.25) is 5.02 Å². The molecule has 1 aromatic carbocycles. The van der Waals surface area contributed by atoms with Crippen molar-refractivity contribution in [3.05, 3.63) is 56.4 Å². The van der Waals surface area contributed by atoms with Gasteiger partial charge in [0.15, 0.2) is 0 Å². The number of amides is 2. The van der Waals surface area contributed by atoms with Crippen LogP contribution in [0.3, 0.4) is 0 Å². The number of fused-ring (bicyclic) bond motifs is 1. The van der Waals surface area contributed by atoms with Crippen LogP contribution in [0.25, 0.3) is 6.08 Å². The van der Waals surface area contributed by atoms with Crippen molar-refractivity contribution >= 4 is 45.8 Å². The number of nitrogens with zero attached hydrogens (tertiary/aromatic N) is 1. The van der Waals surface area contributed by atoms with Gasteiger partial charge < -0.3 is 11.1 Å². The largest absolute Gasteiger partial charge is 0.365 e. The first-order valence-electron chi connectivity index (χ1n) is 7.62. The Balaban J connectivity index is 1.87. The molecule has 1 aromatic heterocycles. The van der Waals surface area contributed by atoms with E-state index >= 15 is 0 Å². The number of halogens is 1.